The predicted octanol–water partition coefficient (Wildman–Crippen LogP) is 12.8. The maximum atomic E-state index is 6.33. The lowest BCUT2D eigenvalue weighted by Crippen LogP contribution is -2.03. The number of benzene rings is 8. The normalized spacial score (nSPS) is 11.8. The Morgan fingerprint density at radius 3 is 2.02 bits per heavy atom. The van der Waals surface area contributed by atoms with Crippen LogP contribution in [0.1, 0.15) is 0 Å². The van der Waals surface area contributed by atoms with Gasteiger partial charge in [-0.1, -0.05) is 146 Å². The fourth-order valence-electron chi connectivity index (χ4n) is 7.99. The molecule has 0 amide bonds. The van der Waals surface area contributed by atoms with E-state index >= 15 is 0 Å². The lowest BCUT2D eigenvalue weighted by Gasteiger charge is -2.12. The highest BCUT2D eigenvalue weighted by atomic mass is 16.3. The highest BCUT2D eigenvalue weighted by Gasteiger charge is 2.19. The lowest BCUT2D eigenvalue weighted by atomic mass is 9.96. The predicted molar refractivity (Wildman–Crippen MR) is 215 cm³/mol. The summed E-state index contributed by atoms with van der Waals surface area (Å²) in [7, 11) is 0. The number of rotatable bonds is 4. The van der Waals surface area contributed by atoms with E-state index in [1.54, 1.807) is 0 Å². The molecule has 0 unspecified atom stereocenters. The van der Waals surface area contributed by atoms with Crippen LogP contribution in [0.2, 0.25) is 0 Å². The van der Waals surface area contributed by atoms with Crippen LogP contribution in [0.5, 0.6) is 0 Å². The third-order valence-corrected chi connectivity index (χ3v) is 10.4. The molecular weight excluding hydrogens is 635 g/mol. The Hall–Kier alpha value is -7.04. The summed E-state index contributed by atoms with van der Waals surface area (Å²) >= 11 is 0. The van der Waals surface area contributed by atoms with Gasteiger partial charge in [0.2, 0.25) is 5.95 Å². The monoisotopic (exact) mass is 663 g/mol. The van der Waals surface area contributed by atoms with Gasteiger partial charge in [-0.25, -0.2) is 9.97 Å². The number of furan rings is 1. The van der Waals surface area contributed by atoms with Crippen LogP contribution in [0.25, 0.3) is 105 Å². The van der Waals surface area contributed by atoms with Gasteiger partial charge in [0.15, 0.2) is 0 Å². The largest absolute Gasteiger partial charge is 0.455 e. The Labute approximate surface area is 298 Å². The smallest absolute Gasteiger partial charge is 0.235 e. The summed E-state index contributed by atoms with van der Waals surface area (Å²) in [5.74, 6) is 0.665. The summed E-state index contributed by atoms with van der Waals surface area (Å²) in [6.45, 7) is 0. The molecule has 0 saturated carbocycles. The van der Waals surface area contributed by atoms with E-state index in [4.69, 9.17) is 14.4 Å². The van der Waals surface area contributed by atoms with Crippen molar-refractivity contribution < 1.29 is 4.42 Å². The highest BCUT2D eigenvalue weighted by Crippen LogP contribution is 2.40. The molecule has 0 aliphatic rings. The van der Waals surface area contributed by atoms with Crippen LogP contribution < -0.4 is 0 Å². The Kier molecular flexibility index (Phi) is 6.22. The minimum Gasteiger partial charge on any atom is -0.455 e. The molecule has 4 nitrogen and oxygen atoms in total. The molecule has 52 heavy (non-hydrogen) atoms. The van der Waals surface area contributed by atoms with Crippen molar-refractivity contribution in [2.75, 3.05) is 0 Å². The molecule has 0 atom stereocenters. The fraction of sp³-hybridized carbons (Fsp3) is 0. The van der Waals surface area contributed by atoms with Crippen LogP contribution in [0, 0.1) is 0 Å². The van der Waals surface area contributed by atoms with Gasteiger partial charge in [-0.3, -0.25) is 4.57 Å². The summed E-state index contributed by atoms with van der Waals surface area (Å²) in [4.78, 5) is 10.4. The minimum absolute atomic E-state index is 0.665. The van der Waals surface area contributed by atoms with Gasteiger partial charge in [-0.15, -0.1) is 0 Å². The Morgan fingerprint density at radius 1 is 0.423 bits per heavy atom. The summed E-state index contributed by atoms with van der Waals surface area (Å²) in [6.07, 6.45) is 0. The third-order valence-electron chi connectivity index (χ3n) is 10.4. The van der Waals surface area contributed by atoms with Crippen molar-refractivity contribution in [3.8, 4) is 39.5 Å². The second-order valence-corrected chi connectivity index (χ2v) is 13.4. The van der Waals surface area contributed by atoms with Crippen LogP contribution in [-0.4, -0.2) is 14.5 Å². The molecule has 11 aromatic rings. The zero-order chi connectivity index (χ0) is 34.2. The van der Waals surface area contributed by atoms with Crippen LogP contribution in [0.15, 0.2) is 180 Å². The van der Waals surface area contributed by atoms with Gasteiger partial charge in [0.1, 0.15) is 11.2 Å². The maximum Gasteiger partial charge on any atom is 0.235 e. The SMILES string of the molecule is c1ccc(-c2nc(-n3c4ccccc4c4c5ccc(-c6ccc(-c7cccc8c7oc7ccccc78)cc6)cc5ccc43)nc3ccccc23)cc1. The molecule has 0 saturated heterocycles. The molecule has 0 N–H and O–H groups in total. The Balaban J connectivity index is 1.04. The summed E-state index contributed by atoms with van der Waals surface area (Å²) < 4.78 is 8.55. The van der Waals surface area contributed by atoms with Crippen molar-refractivity contribution in [2.45, 2.75) is 0 Å². The van der Waals surface area contributed by atoms with Crippen molar-refractivity contribution in [3.63, 3.8) is 0 Å². The molecule has 0 bridgehead atoms. The molecule has 0 radical (unpaired) electrons. The number of aromatic nitrogens is 3. The van der Waals surface area contributed by atoms with Gasteiger partial charge in [-0.2, -0.15) is 0 Å². The molecule has 4 heteroatoms. The highest BCUT2D eigenvalue weighted by molar-refractivity contribution is 6.21. The molecule has 3 heterocycles. The van der Waals surface area contributed by atoms with E-state index in [-0.39, 0.29) is 0 Å². The van der Waals surface area contributed by atoms with Crippen LogP contribution in [0.3, 0.4) is 0 Å². The van der Waals surface area contributed by atoms with E-state index in [1.165, 1.54) is 32.7 Å². The van der Waals surface area contributed by atoms with E-state index in [9.17, 15) is 0 Å². The van der Waals surface area contributed by atoms with Gasteiger partial charge in [-0.05, 0) is 57.8 Å². The van der Waals surface area contributed by atoms with Gasteiger partial charge in [0, 0.05) is 38.1 Å². The van der Waals surface area contributed by atoms with E-state index in [1.807, 2.05) is 24.3 Å². The molecule has 0 spiro atoms. The van der Waals surface area contributed by atoms with Crippen molar-refractivity contribution in [1.29, 1.82) is 0 Å². The molecule has 0 fully saturated rings. The maximum absolute atomic E-state index is 6.33. The molecule has 8 aromatic carbocycles. The first-order chi connectivity index (χ1) is 25.8. The van der Waals surface area contributed by atoms with Crippen molar-refractivity contribution >= 4 is 65.4 Å². The fourth-order valence-corrected chi connectivity index (χ4v) is 7.99. The standard InChI is InChI=1S/C48H29N3O/c1-2-11-32(12-3-1)46-39-14-4-7-18-41(39)49-48(50-46)51-42-19-8-5-15-40(42)45-35-27-25-33(29-34(35)26-28-43(45)51)30-21-23-31(24-22-30)36-16-10-17-38-37-13-6-9-20-44(37)52-47(36)38/h1-29H. The molecule has 0 aliphatic carbocycles. The molecule has 11 rings (SSSR count). The molecule has 242 valence electrons. The number of hydrogen-bond acceptors (Lipinski definition) is 3. The summed E-state index contributed by atoms with van der Waals surface area (Å²) in [5.41, 5.74) is 11.5. The van der Waals surface area contributed by atoms with Crippen LogP contribution in [0.4, 0.5) is 0 Å². The van der Waals surface area contributed by atoms with Crippen LogP contribution in [-0.2, 0) is 0 Å². The topological polar surface area (TPSA) is 43.9 Å². The number of hydrogen-bond donors (Lipinski definition) is 0. The first-order valence-electron chi connectivity index (χ1n) is 17.6. The zero-order valence-electron chi connectivity index (χ0n) is 28.0. The number of nitrogens with zero attached hydrogens (tertiary/aromatic N) is 3. The van der Waals surface area contributed by atoms with Gasteiger partial charge < -0.3 is 4.42 Å². The summed E-state index contributed by atoms with van der Waals surface area (Å²) in [5, 5.41) is 8.09. The summed E-state index contributed by atoms with van der Waals surface area (Å²) in [6, 6.07) is 62.0. The Bertz CT molecular complexity index is 3170. The van der Waals surface area contributed by atoms with Crippen molar-refractivity contribution in [2.24, 2.45) is 0 Å². The molecular formula is C48H29N3O. The quantitative estimate of drug-likeness (QED) is 0.188. The average molecular weight is 664 g/mol. The Morgan fingerprint density at radius 2 is 1.13 bits per heavy atom. The third kappa shape index (κ3) is 4.34. The first-order valence-corrected chi connectivity index (χ1v) is 17.6. The second kappa shape index (κ2) is 11.2. The van der Waals surface area contributed by atoms with E-state index in [0.29, 0.717) is 5.95 Å². The van der Waals surface area contributed by atoms with Gasteiger partial charge >= 0.3 is 0 Å². The van der Waals surface area contributed by atoms with Gasteiger partial charge in [0.25, 0.3) is 0 Å². The van der Waals surface area contributed by atoms with Crippen molar-refractivity contribution in [3.05, 3.63) is 176 Å². The average Bonchev–Trinajstić information content (AvgIpc) is 3.77. The first kappa shape index (κ1) is 28.8. The van der Waals surface area contributed by atoms with E-state index < -0.39 is 0 Å². The van der Waals surface area contributed by atoms with E-state index in [2.05, 4.69) is 156 Å². The molecule has 0 aliphatic heterocycles. The minimum atomic E-state index is 0.665. The lowest BCUT2D eigenvalue weighted by molar-refractivity contribution is 0.670. The second-order valence-electron chi connectivity index (χ2n) is 13.4. The van der Waals surface area contributed by atoms with Gasteiger partial charge in [0.05, 0.1) is 22.2 Å². The van der Waals surface area contributed by atoms with Crippen LogP contribution >= 0.6 is 0 Å². The zero-order valence-corrected chi connectivity index (χ0v) is 28.0. The van der Waals surface area contributed by atoms with E-state index in [0.717, 1.165) is 66.3 Å². The van der Waals surface area contributed by atoms with Crippen molar-refractivity contribution in [1.82, 2.24) is 14.5 Å². The molecule has 3 aromatic heterocycles. The number of fused-ring (bicyclic) bond motifs is 9. The number of para-hydroxylation sites is 4.